The zero-order valence-corrected chi connectivity index (χ0v) is 10.3. The van der Waals surface area contributed by atoms with E-state index in [4.69, 9.17) is 0 Å². The number of rotatable bonds is 3. The molecular weight excluding hydrogens is 200 g/mol. The molecule has 0 aliphatic carbocycles. The lowest BCUT2D eigenvalue weighted by molar-refractivity contribution is 0.879. The highest BCUT2D eigenvalue weighted by Crippen LogP contribution is 2.49. The molecule has 0 radical (unpaired) electrons. The van der Waals surface area contributed by atoms with E-state index in [2.05, 4.69) is 55.9 Å². The minimum absolute atomic E-state index is 0.677. The zero-order valence-electron chi connectivity index (χ0n) is 9.49. The molecule has 0 saturated carbocycles. The Balaban J connectivity index is 2.13. The summed E-state index contributed by atoms with van der Waals surface area (Å²) in [7, 11) is 0. The maximum Gasteiger partial charge on any atom is 0.0378 e. The summed E-state index contributed by atoms with van der Waals surface area (Å²) in [4.78, 5) is 1.63. The molecule has 1 unspecified atom stereocenters. The molecule has 1 heteroatoms. The van der Waals surface area contributed by atoms with E-state index in [1.165, 1.54) is 24.8 Å². The van der Waals surface area contributed by atoms with E-state index in [9.17, 15) is 0 Å². The standard InChI is InChI=1S/C14H18S/c1-3-11-10-14(15-13(11)4-2)12-8-6-5-7-9-12/h5-9,14H,3-4,10H2,1-2H3. The predicted octanol–water partition coefficient (Wildman–Crippen LogP) is 4.94. The van der Waals surface area contributed by atoms with Gasteiger partial charge < -0.3 is 0 Å². The first-order chi connectivity index (χ1) is 7.35. The topological polar surface area (TPSA) is 0 Å². The number of allylic oxidation sites excluding steroid dienone is 2. The van der Waals surface area contributed by atoms with Crippen LogP contribution in [0.3, 0.4) is 0 Å². The van der Waals surface area contributed by atoms with Crippen molar-refractivity contribution in [1.29, 1.82) is 0 Å². The molecule has 15 heavy (non-hydrogen) atoms. The van der Waals surface area contributed by atoms with E-state index >= 15 is 0 Å². The first kappa shape index (κ1) is 10.8. The number of thioether (sulfide) groups is 1. The second-order valence-electron chi connectivity index (χ2n) is 3.96. The number of benzene rings is 1. The number of hydrogen-bond donors (Lipinski definition) is 0. The monoisotopic (exact) mass is 218 g/mol. The van der Waals surface area contributed by atoms with Gasteiger partial charge in [-0.25, -0.2) is 0 Å². The van der Waals surface area contributed by atoms with E-state index in [-0.39, 0.29) is 0 Å². The molecule has 0 fully saturated rings. The second kappa shape index (κ2) is 4.89. The minimum atomic E-state index is 0.677. The Morgan fingerprint density at radius 1 is 1.13 bits per heavy atom. The summed E-state index contributed by atoms with van der Waals surface area (Å²) in [5.74, 6) is 0. The summed E-state index contributed by atoms with van der Waals surface area (Å²) in [5.41, 5.74) is 3.16. The van der Waals surface area contributed by atoms with Crippen molar-refractivity contribution in [2.45, 2.75) is 38.4 Å². The van der Waals surface area contributed by atoms with E-state index in [1.54, 1.807) is 10.5 Å². The van der Waals surface area contributed by atoms with Crippen molar-refractivity contribution in [3.8, 4) is 0 Å². The smallest absolute Gasteiger partial charge is 0.0378 e. The van der Waals surface area contributed by atoms with Crippen LogP contribution in [0.4, 0.5) is 0 Å². The molecular formula is C14H18S. The average Bonchev–Trinajstić information content (AvgIpc) is 2.73. The van der Waals surface area contributed by atoms with Crippen molar-refractivity contribution < 1.29 is 0 Å². The third-order valence-corrected chi connectivity index (χ3v) is 4.62. The Kier molecular flexibility index (Phi) is 3.53. The molecule has 0 aromatic heterocycles. The highest BCUT2D eigenvalue weighted by molar-refractivity contribution is 8.03. The molecule has 1 aromatic carbocycles. The summed E-state index contributed by atoms with van der Waals surface area (Å²) in [5, 5.41) is 0.677. The van der Waals surface area contributed by atoms with Gasteiger partial charge >= 0.3 is 0 Å². The van der Waals surface area contributed by atoms with Crippen molar-refractivity contribution in [2.24, 2.45) is 0 Å². The van der Waals surface area contributed by atoms with Crippen molar-refractivity contribution in [3.63, 3.8) is 0 Å². The van der Waals surface area contributed by atoms with Crippen LogP contribution in [0.25, 0.3) is 0 Å². The lowest BCUT2D eigenvalue weighted by Gasteiger charge is -2.09. The fourth-order valence-corrected chi connectivity index (χ4v) is 3.64. The quantitative estimate of drug-likeness (QED) is 0.692. The van der Waals surface area contributed by atoms with E-state index in [0.29, 0.717) is 5.25 Å². The molecule has 80 valence electrons. The molecule has 0 bridgehead atoms. The molecule has 1 aliphatic heterocycles. The fraction of sp³-hybridized carbons (Fsp3) is 0.429. The van der Waals surface area contributed by atoms with E-state index < -0.39 is 0 Å². The Labute approximate surface area is 96.8 Å². The van der Waals surface area contributed by atoms with Crippen LogP contribution in [-0.2, 0) is 0 Å². The Morgan fingerprint density at radius 3 is 2.40 bits per heavy atom. The van der Waals surface area contributed by atoms with Gasteiger partial charge in [0.15, 0.2) is 0 Å². The third kappa shape index (κ3) is 2.28. The Hall–Kier alpha value is -0.690. The molecule has 1 aromatic rings. The molecule has 1 atom stereocenters. The van der Waals surface area contributed by atoms with E-state index in [1.807, 2.05) is 0 Å². The second-order valence-corrected chi connectivity index (χ2v) is 5.25. The Morgan fingerprint density at radius 2 is 1.87 bits per heavy atom. The first-order valence-electron chi connectivity index (χ1n) is 5.77. The van der Waals surface area contributed by atoms with Crippen LogP contribution in [0.1, 0.15) is 43.9 Å². The largest absolute Gasteiger partial charge is 0.122 e. The highest BCUT2D eigenvalue weighted by Gasteiger charge is 2.23. The molecule has 0 N–H and O–H groups in total. The van der Waals surface area contributed by atoms with Crippen LogP contribution in [0.5, 0.6) is 0 Å². The molecule has 1 heterocycles. The lowest BCUT2D eigenvalue weighted by Crippen LogP contribution is -1.89. The van der Waals surface area contributed by atoms with Crippen LogP contribution in [0.2, 0.25) is 0 Å². The molecule has 0 saturated heterocycles. The van der Waals surface area contributed by atoms with Crippen LogP contribution in [-0.4, -0.2) is 0 Å². The number of hydrogen-bond acceptors (Lipinski definition) is 1. The van der Waals surface area contributed by atoms with Gasteiger partial charge in [-0.3, -0.25) is 0 Å². The van der Waals surface area contributed by atoms with Crippen LogP contribution < -0.4 is 0 Å². The zero-order chi connectivity index (χ0) is 10.7. The lowest BCUT2D eigenvalue weighted by atomic mass is 10.0. The normalized spacial score (nSPS) is 21.1. The maximum atomic E-state index is 2.28. The van der Waals surface area contributed by atoms with Gasteiger partial charge in [-0.2, -0.15) is 0 Å². The Bertz CT molecular complexity index is 335. The van der Waals surface area contributed by atoms with Gasteiger partial charge in [0.25, 0.3) is 0 Å². The van der Waals surface area contributed by atoms with Crippen LogP contribution in [0.15, 0.2) is 40.8 Å². The summed E-state index contributed by atoms with van der Waals surface area (Å²) < 4.78 is 0. The minimum Gasteiger partial charge on any atom is -0.122 e. The van der Waals surface area contributed by atoms with Gasteiger partial charge in [-0.05, 0) is 29.7 Å². The summed E-state index contributed by atoms with van der Waals surface area (Å²) in [6.07, 6.45) is 3.69. The van der Waals surface area contributed by atoms with Gasteiger partial charge in [0, 0.05) is 5.25 Å². The van der Waals surface area contributed by atoms with Crippen LogP contribution >= 0.6 is 11.8 Å². The first-order valence-corrected chi connectivity index (χ1v) is 6.65. The van der Waals surface area contributed by atoms with Gasteiger partial charge in [-0.1, -0.05) is 49.8 Å². The average molecular weight is 218 g/mol. The van der Waals surface area contributed by atoms with Crippen molar-refractivity contribution in [3.05, 3.63) is 46.4 Å². The van der Waals surface area contributed by atoms with E-state index in [0.717, 1.165) is 0 Å². The van der Waals surface area contributed by atoms with Gasteiger partial charge in [0.1, 0.15) is 0 Å². The fourth-order valence-electron chi connectivity index (χ4n) is 2.16. The molecule has 0 nitrogen and oxygen atoms in total. The maximum absolute atomic E-state index is 2.28. The van der Waals surface area contributed by atoms with Crippen molar-refractivity contribution >= 4 is 11.8 Å². The SMILES string of the molecule is CCC1=C(CC)SC(c2ccccc2)C1. The van der Waals surface area contributed by atoms with Crippen molar-refractivity contribution in [1.82, 2.24) is 0 Å². The molecule has 2 rings (SSSR count). The van der Waals surface area contributed by atoms with Gasteiger partial charge in [0.05, 0.1) is 0 Å². The third-order valence-electron chi connectivity index (χ3n) is 3.03. The van der Waals surface area contributed by atoms with Crippen LogP contribution in [0, 0.1) is 0 Å². The predicted molar refractivity (Wildman–Crippen MR) is 69.0 cm³/mol. The van der Waals surface area contributed by atoms with Gasteiger partial charge in [0.2, 0.25) is 0 Å². The highest BCUT2D eigenvalue weighted by atomic mass is 32.2. The van der Waals surface area contributed by atoms with Crippen molar-refractivity contribution in [2.75, 3.05) is 0 Å². The summed E-state index contributed by atoms with van der Waals surface area (Å²) in [6.45, 7) is 4.55. The molecule has 1 aliphatic rings. The summed E-state index contributed by atoms with van der Waals surface area (Å²) in [6, 6.07) is 10.9. The van der Waals surface area contributed by atoms with Gasteiger partial charge in [-0.15, -0.1) is 11.8 Å². The molecule has 0 spiro atoms. The summed E-state index contributed by atoms with van der Waals surface area (Å²) >= 11 is 2.08. The molecule has 0 amide bonds.